The van der Waals surface area contributed by atoms with Crippen LogP contribution in [-0.4, -0.2) is 36.6 Å². The van der Waals surface area contributed by atoms with Crippen LogP contribution in [0.15, 0.2) is 59.7 Å². The summed E-state index contributed by atoms with van der Waals surface area (Å²) in [6, 6.07) is 15.8. The maximum Gasteiger partial charge on any atom is 0.329 e. The van der Waals surface area contributed by atoms with E-state index in [1.165, 1.54) is 6.21 Å². The van der Waals surface area contributed by atoms with E-state index in [-0.39, 0.29) is 18.6 Å². The molecule has 0 aliphatic carbocycles. The van der Waals surface area contributed by atoms with E-state index in [4.69, 9.17) is 4.74 Å². The van der Waals surface area contributed by atoms with Gasteiger partial charge in [-0.3, -0.25) is 14.4 Å². The molecule has 0 aromatic heterocycles. The summed E-state index contributed by atoms with van der Waals surface area (Å²) in [6.45, 7) is 3.30. The van der Waals surface area contributed by atoms with Gasteiger partial charge in [-0.25, -0.2) is 5.43 Å². The predicted molar refractivity (Wildman–Crippen MR) is 106 cm³/mol. The highest BCUT2D eigenvalue weighted by Gasteiger charge is 2.13. The van der Waals surface area contributed by atoms with Crippen LogP contribution in [0.2, 0.25) is 0 Å². The first-order valence-corrected chi connectivity index (χ1v) is 8.66. The predicted octanol–water partition coefficient (Wildman–Crippen LogP) is 1.68. The third-order valence-corrected chi connectivity index (χ3v) is 3.33. The van der Waals surface area contributed by atoms with Crippen molar-refractivity contribution >= 4 is 29.6 Å². The van der Waals surface area contributed by atoms with Crippen LogP contribution in [0.3, 0.4) is 0 Å². The molecule has 0 aliphatic rings. The highest BCUT2D eigenvalue weighted by molar-refractivity contribution is 6.35. The number of rotatable bonds is 7. The van der Waals surface area contributed by atoms with Gasteiger partial charge in [-0.1, -0.05) is 30.3 Å². The van der Waals surface area contributed by atoms with Gasteiger partial charge in [0, 0.05) is 17.3 Å². The fraction of sp³-hybridized carbons (Fsp3) is 0.200. The number of carbonyl (C=O) groups excluding carboxylic acids is 3. The number of nitrogens with one attached hydrogen (secondary N) is 3. The molecule has 0 saturated carbocycles. The fourth-order valence-electron chi connectivity index (χ4n) is 2.12. The van der Waals surface area contributed by atoms with Gasteiger partial charge in [-0.2, -0.15) is 5.10 Å². The molecule has 0 atom stereocenters. The van der Waals surface area contributed by atoms with Gasteiger partial charge in [0.1, 0.15) is 5.75 Å². The van der Waals surface area contributed by atoms with Crippen molar-refractivity contribution in [1.82, 2.24) is 10.7 Å². The van der Waals surface area contributed by atoms with Gasteiger partial charge in [0.05, 0.1) is 6.21 Å². The van der Waals surface area contributed by atoms with Crippen molar-refractivity contribution in [2.45, 2.75) is 19.9 Å². The molecule has 28 heavy (non-hydrogen) atoms. The Morgan fingerprint density at radius 2 is 1.68 bits per heavy atom. The quantitative estimate of drug-likeness (QED) is 0.384. The van der Waals surface area contributed by atoms with E-state index in [1.54, 1.807) is 50.2 Å². The summed E-state index contributed by atoms with van der Waals surface area (Å²) >= 11 is 0. The maximum absolute atomic E-state index is 12.0. The molecule has 0 aliphatic heterocycles. The van der Waals surface area contributed by atoms with E-state index in [2.05, 4.69) is 21.2 Å². The Morgan fingerprint density at radius 1 is 1.00 bits per heavy atom. The highest BCUT2D eigenvalue weighted by Crippen LogP contribution is 2.16. The lowest BCUT2D eigenvalue weighted by Crippen LogP contribution is -2.41. The molecule has 0 bridgehead atoms. The minimum absolute atomic E-state index is 0.154. The van der Waals surface area contributed by atoms with Crippen molar-refractivity contribution < 1.29 is 19.1 Å². The van der Waals surface area contributed by atoms with Gasteiger partial charge in [-0.15, -0.1) is 0 Å². The van der Waals surface area contributed by atoms with Gasteiger partial charge in [0.2, 0.25) is 0 Å². The Balaban J connectivity index is 1.90. The second kappa shape index (κ2) is 10.5. The summed E-state index contributed by atoms with van der Waals surface area (Å²) in [6.07, 6.45) is 1.34. The van der Waals surface area contributed by atoms with Gasteiger partial charge < -0.3 is 15.4 Å². The molecule has 2 aromatic rings. The third kappa shape index (κ3) is 6.91. The molecule has 0 spiro atoms. The monoisotopic (exact) mass is 382 g/mol. The van der Waals surface area contributed by atoms with Gasteiger partial charge >= 0.3 is 11.8 Å². The largest absolute Gasteiger partial charge is 0.483 e. The lowest BCUT2D eigenvalue weighted by Gasteiger charge is -2.09. The summed E-state index contributed by atoms with van der Waals surface area (Å²) in [7, 11) is 0. The van der Waals surface area contributed by atoms with E-state index in [0.29, 0.717) is 17.0 Å². The van der Waals surface area contributed by atoms with Gasteiger partial charge in [-0.05, 0) is 38.1 Å². The average molecular weight is 382 g/mol. The first-order chi connectivity index (χ1) is 13.5. The summed E-state index contributed by atoms with van der Waals surface area (Å²) < 4.78 is 5.53. The van der Waals surface area contributed by atoms with Gasteiger partial charge in [0.15, 0.2) is 6.61 Å². The molecule has 0 radical (unpaired) electrons. The first kappa shape index (κ1) is 20.6. The van der Waals surface area contributed by atoms with Crippen molar-refractivity contribution in [1.29, 1.82) is 0 Å². The molecule has 0 unspecified atom stereocenters. The first-order valence-electron chi connectivity index (χ1n) is 8.66. The van der Waals surface area contributed by atoms with E-state index >= 15 is 0 Å². The molecule has 0 heterocycles. The smallest absolute Gasteiger partial charge is 0.329 e. The Bertz CT molecular complexity index is 850. The zero-order chi connectivity index (χ0) is 20.4. The van der Waals surface area contributed by atoms with Crippen molar-refractivity contribution in [2.75, 3.05) is 11.9 Å². The zero-order valence-electron chi connectivity index (χ0n) is 15.6. The molecule has 146 valence electrons. The summed E-state index contributed by atoms with van der Waals surface area (Å²) in [5.41, 5.74) is 3.36. The second-order valence-electron chi connectivity index (χ2n) is 6.07. The van der Waals surface area contributed by atoms with Crippen molar-refractivity contribution in [3.05, 3.63) is 60.2 Å². The van der Waals surface area contributed by atoms with E-state index in [9.17, 15) is 14.4 Å². The summed E-state index contributed by atoms with van der Waals surface area (Å²) in [5.74, 6) is -1.54. The van der Waals surface area contributed by atoms with Crippen LogP contribution in [0.5, 0.6) is 5.75 Å². The molecular formula is C20H22N4O4. The number of hydrogen-bond acceptors (Lipinski definition) is 5. The normalized spacial score (nSPS) is 10.5. The van der Waals surface area contributed by atoms with Crippen LogP contribution >= 0.6 is 0 Å². The molecule has 0 saturated heterocycles. The molecular weight excluding hydrogens is 360 g/mol. The Labute approximate surface area is 163 Å². The number of anilines is 1. The minimum Gasteiger partial charge on any atom is -0.483 e. The number of nitrogens with zero attached hydrogens (tertiary/aromatic N) is 1. The van der Waals surface area contributed by atoms with Crippen LogP contribution in [-0.2, 0) is 14.4 Å². The third-order valence-electron chi connectivity index (χ3n) is 3.33. The number of benzene rings is 2. The molecule has 3 N–H and O–H groups in total. The topological polar surface area (TPSA) is 109 Å². The van der Waals surface area contributed by atoms with Crippen molar-refractivity contribution in [2.24, 2.45) is 5.10 Å². The van der Waals surface area contributed by atoms with Gasteiger partial charge in [0.25, 0.3) is 5.91 Å². The molecule has 2 aromatic carbocycles. The Hall–Kier alpha value is -3.68. The second-order valence-corrected chi connectivity index (χ2v) is 6.07. The zero-order valence-corrected chi connectivity index (χ0v) is 15.6. The molecule has 0 fully saturated rings. The highest BCUT2D eigenvalue weighted by atomic mass is 16.5. The standard InChI is InChI=1S/C20H22N4O4/c1-14(2)22-19(26)20(27)24-21-12-15-8-6-7-11-17(15)28-13-18(25)23-16-9-4-3-5-10-16/h3-12,14H,13H2,1-2H3,(H,22,26)(H,23,25)(H,24,27)/b21-12-. The van der Waals surface area contributed by atoms with Crippen LogP contribution in [0.1, 0.15) is 19.4 Å². The number of para-hydroxylation sites is 2. The van der Waals surface area contributed by atoms with Crippen LogP contribution < -0.4 is 20.8 Å². The molecule has 3 amide bonds. The number of carbonyl (C=O) groups is 3. The summed E-state index contributed by atoms with van der Waals surface area (Å²) in [4.78, 5) is 35.1. The average Bonchev–Trinajstić information content (AvgIpc) is 2.67. The Morgan fingerprint density at radius 3 is 2.39 bits per heavy atom. The summed E-state index contributed by atoms with van der Waals surface area (Å²) in [5, 5.41) is 8.94. The lowest BCUT2D eigenvalue weighted by atomic mass is 10.2. The fourth-order valence-corrected chi connectivity index (χ4v) is 2.12. The van der Waals surface area contributed by atoms with E-state index in [0.717, 1.165) is 0 Å². The number of hydrogen-bond donors (Lipinski definition) is 3. The van der Waals surface area contributed by atoms with Crippen molar-refractivity contribution in [3.63, 3.8) is 0 Å². The minimum atomic E-state index is -0.870. The van der Waals surface area contributed by atoms with Crippen LogP contribution in [0.25, 0.3) is 0 Å². The van der Waals surface area contributed by atoms with Crippen LogP contribution in [0, 0.1) is 0 Å². The molecule has 2 rings (SSSR count). The van der Waals surface area contributed by atoms with Crippen molar-refractivity contribution in [3.8, 4) is 5.75 Å². The number of ether oxygens (including phenoxy) is 1. The Kier molecular flexibility index (Phi) is 7.71. The maximum atomic E-state index is 12.0. The van der Waals surface area contributed by atoms with Crippen LogP contribution in [0.4, 0.5) is 5.69 Å². The van der Waals surface area contributed by atoms with E-state index in [1.807, 2.05) is 18.2 Å². The molecule has 8 heteroatoms. The number of amides is 3. The van der Waals surface area contributed by atoms with E-state index < -0.39 is 11.8 Å². The molecule has 8 nitrogen and oxygen atoms in total. The number of hydrazone groups is 1. The SMILES string of the molecule is CC(C)NC(=O)C(=O)N/N=C\c1ccccc1OCC(=O)Nc1ccccc1. The lowest BCUT2D eigenvalue weighted by molar-refractivity contribution is -0.139.